The average molecular weight is 512 g/mol. The van der Waals surface area contributed by atoms with Gasteiger partial charge in [0.25, 0.3) is 11.6 Å². The molecule has 0 aromatic heterocycles. The maximum absolute atomic E-state index is 12.7. The van der Waals surface area contributed by atoms with Gasteiger partial charge in [-0.2, -0.15) is 5.26 Å². The molecule has 0 saturated heterocycles. The van der Waals surface area contributed by atoms with E-state index >= 15 is 0 Å². The van der Waals surface area contributed by atoms with Gasteiger partial charge in [0, 0.05) is 27.7 Å². The molecule has 3 aromatic rings. The quantitative estimate of drug-likeness (QED) is 0.163. The number of methoxy groups -OCH3 is 1. The molecule has 10 heteroatoms. The Kier molecular flexibility index (Phi) is 8.31. The largest absolute Gasteiger partial charge is 0.493 e. The molecular formula is C25H19Cl2N3O5. The number of rotatable bonds is 8. The Bertz CT molecular complexity index is 1350. The van der Waals surface area contributed by atoms with Gasteiger partial charge in [0.2, 0.25) is 0 Å². The van der Waals surface area contributed by atoms with Gasteiger partial charge >= 0.3 is 0 Å². The van der Waals surface area contributed by atoms with Crippen LogP contribution in [0, 0.1) is 28.4 Å². The molecule has 0 bridgehead atoms. The van der Waals surface area contributed by atoms with E-state index in [4.69, 9.17) is 32.7 Å². The first-order chi connectivity index (χ1) is 16.7. The third-order valence-corrected chi connectivity index (χ3v) is 5.69. The van der Waals surface area contributed by atoms with Gasteiger partial charge in [-0.3, -0.25) is 14.9 Å². The fourth-order valence-corrected chi connectivity index (χ4v) is 3.58. The van der Waals surface area contributed by atoms with Crippen LogP contribution in [-0.4, -0.2) is 17.9 Å². The fraction of sp³-hybridized carbons (Fsp3) is 0.120. The molecule has 3 rings (SSSR count). The van der Waals surface area contributed by atoms with Crippen molar-refractivity contribution in [1.82, 2.24) is 0 Å². The molecule has 178 valence electrons. The van der Waals surface area contributed by atoms with Crippen LogP contribution in [0.15, 0.2) is 60.2 Å². The van der Waals surface area contributed by atoms with Gasteiger partial charge in [0.1, 0.15) is 18.2 Å². The second-order valence-electron chi connectivity index (χ2n) is 7.28. The van der Waals surface area contributed by atoms with Gasteiger partial charge in [0.05, 0.1) is 17.7 Å². The summed E-state index contributed by atoms with van der Waals surface area (Å²) in [6.45, 7) is 1.80. The maximum atomic E-state index is 12.7. The van der Waals surface area contributed by atoms with E-state index in [0.717, 1.165) is 0 Å². The van der Waals surface area contributed by atoms with Gasteiger partial charge in [-0.25, -0.2) is 0 Å². The zero-order valence-electron chi connectivity index (χ0n) is 18.7. The van der Waals surface area contributed by atoms with Crippen LogP contribution in [0.2, 0.25) is 10.0 Å². The Morgan fingerprint density at radius 2 is 1.86 bits per heavy atom. The lowest BCUT2D eigenvalue weighted by Gasteiger charge is -2.13. The number of aryl methyl sites for hydroxylation is 1. The number of hydrogen-bond donors (Lipinski definition) is 1. The van der Waals surface area contributed by atoms with Crippen molar-refractivity contribution < 1.29 is 19.2 Å². The van der Waals surface area contributed by atoms with Crippen LogP contribution in [-0.2, 0) is 11.4 Å². The Morgan fingerprint density at radius 1 is 1.14 bits per heavy atom. The number of nitrogens with zero attached hydrogens (tertiary/aromatic N) is 2. The summed E-state index contributed by atoms with van der Waals surface area (Å²) < 4.78 is 11.2. The number of carbonyl (C=O) groups is 1. The number of hydrogen-bond acceptors (Lipinski definition) is 6. The number of amides is 1. The van der Waals surface area contributed by atoms with Crippen molar-refractivity contribution in [2.24, 2.45) is 0 Å². The summed E-state index contributed by atoms with van der Waals surface area (Å²) in [6.07, 6.45) is 1.37. The number of nitro groups is 1. The van der Waals surface area contributed by atoms with Crippen molar-refractivity contribution >= 4 is 46.6 Å². The Labute approximate surface area is 211 Å². The second-order valence-corrected chi connectivity index (χ2v) is 8.09. The Balaban J connectivity index is 1.81. The number of non-ortho nitro benzene ring substituents is 1. The van der Waals surface area contributed by atoms with E-state index in [-0.39, 0.29) is 23.6 Å². The van der Waals surface area contributed by atoms with Crippen LogP contribution in [0.3, 0.4) is 0 Å². The third kappa shape index (κ3) is 6.29. The lowest BCUT2D eigenvalue weighted by atomic mass is 10.1. The molecule has 35 heavy (non-hydrogen) atoms. The number of nitro benzene ring substituents is 1. The molecule has 0 unspecified atom stereocenters. The van der Waals surface area contributed by atoms with E-state index in [9.17, 15) is 20.2 Å². The van der Waals surface area contributed by atoms with E-state index < -0.39 is 10.8 Å². The van der Waals surface area contributed by atoms with E-state index in [0.29, 0.717) is 38.2 Å². The summed E-state index contributed by atoms with van der Waals surface area (Å²) in [7, 11) is 1.46. The lowest BCUT2D eigenvalue weighted by Crippen LogP contribution is -2.14. The fourth-order valence-electron chi connectivity index (χ4n) is 3.08. The number of halogens is 2. The van der Waals surface area contributed by atoms with Crippen LogP contribution >= 0.6 is 23.2 Å². The molecule has 0 aliphatic heterocycles. The minimum atomic E-state index is -0.705. The molecule has 3 aromatic carbocycles. The zero-order chi connectivity index (χ0) is 25.5. The molecule has 8 nitrogen and oxygen atoms in total. The first-order valence-electron chi connectivity index (χ1n) is 10.2. The number of ether oxygens (including phenoxy) is 2. The average Bonchev–Trinajstić information content (AvgIpc) is 2.83. The Morgan fingerprint density at radius 3 is 2.49 bits per heavy atom. The molecule has 0 radical (unpaired) electrons. The van der Waals surface area contributed by atoms with Crippen molar-refractivity contribution in [2.75, 3.05) is 12.4 Å². The van der Waals surface area contributed by atoms with E-state index in [1.165, 1.54) is 31.4 Å². The highest BCUT2D eigenvalue weighted by atomic mass is 35.5. The highest BCUT2D eigenvalue weighted by Crippen LogP contribution is 2.32. The smallest absolute Gasteiger partial charge is 0.271 e. The highest BCUT2D eigenvalue weighted by molar-refractivity contribution is 6.35. The number of benzene rings is 3. The van der Waals surface area contributed by atoms with Crippen LogP contribution in [0.1, 0.15) is 16.7 Å². The number of nitrogens with one attached hydrogen (secondary N) is 1. The standard InChI is InChI=1S/C25H19Cl2N3O5/c1-15-6-8-18(30(32)33)12-22(15)29-25(31)17(13-28)10-16-7-9-23(24(11-16)34-2)35-14-19-20(26)4-3-5-21(19)27/h3-12H,14H2,1-2H3,(H,29,31)/b17-10+. The van der Waals surface area contributed by atoms with Gasteiger partial charge in [-0.15, -0.1) is 0 Å². The van der Waals surface area contributed by atoms with Crippen molar-refractivity contribution in [2.45, 2.75) is 13.5 Å². The van der Waals surface area contributed by atoms with Gasteiger partial charge in [-0.1, -0.05) is 41.4 Å². The van der Waals surface area contributed by atoms with Crippen LogP contribution in [0.5, 0.6) is 11.5 Å². The molecule has 0 fully saturated rings. The first-order valence-corrected chi connectivity index (χ1v) is 10.9. The van der Waals surface area contributed by atoms with E-state index in [1.54, 1.807) is 43.3 Å². The molecule has 1 amide bonds. The third-order valence-electron chi connectivity index (χ3n) is 4.98. The van der Waals surface area contributed by atoms with Crippen LogP contribution in [0.4, 0.5) is 11.4 Å². The minimum Gasteiger partial charge on any atom is -0.493 e. The van der Waals surface area contributed by atoms with Crippen LogP contribution in [0.25, 0.3) is 6.08 Å². The summed E-state index contributed by atoms with van der Waals surface area (Å²) in [5.41, 5.74) is 1.61. The Hall–Kier alpha value is -4.06. The lowest BCUT2D eigenvalue weighted by molar-refractivity contribution is -0.384. The molecule has 0 saturated carbocycles. The van der Waals surface area contributed by atoms with Crippen molar-refractivity contribution in [3.8, 4) is 17.6 Å². The number of nitriles is 1. The van der Waals surface area contributed by atoms with E-state index in [2.05, 4.69) is 5.32 Å². The highest BCUT2D eigenvalue weighted by Gasteiger charge is 2.15. The number of carbonyl (C=O) groups excluding carboxylic acids is 1. The second kappa shape index (κ2) is 11.4. The zero-order valence-corrected chi connectivity index (χ0v) is 20.2. The topological polar surface area (TPSA) is 114 Å². The van der Waals surface area contributed by atoms with Gasteiger partial charge < -0.3 is 14.8 Å². The van der Waals surface area contributed by atoms with Crippen molar-refractivity contribution in [3.63, 3.8) is 0 Å². The van der Waals surface area contributed by atoms with Crippen molar-refractivity contribution in [3.05, 3.63) is 97.0 Å². The SMILES string of the molecule is COc1cc(/C=C(\C#N)C(=O)Nc2cc([N+](=O)[O-])ccc2C)ccc1OCc1c(Cl)cccc1Cl. The van der Waals surface area contributed by atoms with Crippen molar-refractivity contribution in [1.29, 1.82) is 5.26 Å². The number of anilines is 1. The first kappa shape index (κ1) is 25.6. The summed E-state index contributed by atoms with van der Waals surface area (Å²) in [6, 6.07) is 16.0. The van der Waals surface area contributed by atoms with Crippen LogP contribution < -0.4 is 14.8 Å². The molecule has 0 aliphatic carbocycles. The van der Waals surface area contributed by atoms with Gasteiger partial charge in [-0.05, 0) is 48.4 Å². The summed E-state index contributed by atoms with van der Waals surface area (Å²) in [5.74, 6) is 0.0775. The molecule has 1 N–H and O–H groups in total. The normalized spacial score (nSPS) is 10.9. The van der Waals surface area contributed by atoms with Gasteiger partial charge in [0.15, 0.2) is 11.5 Å². The monoisotopic (exact) mass is 511 g/mol. The molecule has 0 spiro atoms. The predicted octanol–water partition coefficient (Wildman–Crippen LogP) is 6.34. The maximum Gasteiger partial charge on any atom is 0.271 e. The molecule has 0 aliphatic rings. The molecule has 0 atom stereocenters. The summed E-state index contributed by atoms with van der Waals surface area (Å²) in [4.78, 5) is 23.1. The molecular weight excluding hydrogens is 493 g/mol. The minimum absolute atomic E-state index is 0.110. The van der Waals surface area contributed by atoms with E-state index in [1.807, 2.05) is 6.07 Å². The molecule has 0 heterocycles. The summed E-state index contributed by atoms with van der Waals surface area (Å²) >= 11 is 12.4. The summed E-state index contributed by atoms with van der Waals surface area (Å²) in [5, 5.41) is 24.0. The predicted molar refractivity (Wildman–Crippen MR) is 134 cm³/mol.